The summed E-state index contributed by atoms with van der Waals surface area (Å²) < 4.78 is 66.5. The average molecular weight is 385 g/mol. The highest BCUT2D eigenvalue weighted by Crippen LogP contribution is 2.27. The van der Waals surface area contributed by atoms with Crippen LogP contribution in [0.5, 0.6) is 0 Å². The maximum Gasteiger partial charge on any atom is 0.243 e. The first kappa shape index (κ1) is 18.6. The molecule has 0 saturated carbocycles. The van der Waals surface area contributed by atoms with Crippen molar-refractivity contribution in [2.75, 3.05) is 16.9 Å². The zero-order chi connectivity index (χ0) is 19.7. The van der Waals surface area contributed by atoms with E-state index in [0.29, 0.717) is 5.69 Å². The van der Waals surface area contributed by atoms with Gasteiger partial charge in [-0.3, -0.25) is 20.4 Å². The summed E-state index contributed by atoms with van der Waals surface area (Å²) in [5, 5.41) is 0. The molecule has 1 aliphatic rings. The number of nitrogens with one attached hydrogen (secondary N) is 2. The van der Waals surface area contributed by atoms with Crippen LogP contribution in [0.25, 0.3) is 0 Å². The van der Waals surface area contributed by atoms with Gasteiger partial charge in [0.15, 0.2) is 23.3 Å². The minimum atomic E-state index is -2.30. The van der Waals surface area contributed by atoms with Gasteiger partial charge in [-0.05, 0) is 12.1 Å². The van der Waals surface area contributed by atoms with Gasteiger partial charge in [-0.25, -0.2) is 22.0 Å². The number of nitrogens with zero attached hydrogens (tertiary/aromatic N) is 1. The Labute approximate surface area is 149 Å². The number of carbonyl (C=O) groups is 2. The molecule has 0 bridgehead atoms. The number of anilines is 2. The van der Waals surface area contributed by atoms with Crippen molar-refractivity contribution < 1.29 is 31.5 Å². The molecule has 0 aromatic heterocycles. The van der Waals surface area contributed by atoms with E-state index in [1.807, 2.05) is 5.43 Å². The van der Waals surface area contributed by atoms with E-state index in [1.165, 1.54) is 4.90 Å². The summed E-state index contributed by atoms with van der Waals surface area (Å²) in [5.74, 6) is -12.8. The van der Waals surface area contributed by atoms with Crippen molar-refractivity contribution in [3.63, 3.8) is 0 Å². The highest BCUT2D eigenvalue weighted by Gasteiger charge is 2.35. The van der Waals surface area contributed by atoms with Crippen LogP contribution in [0.3, 0.4) is 0 Å². The molecule has 1 atom stereocenters. The second-order valence-electron chi connectivity index (χ2n) is 5.80. The Balaban J connectivity index is 1.70. The molecule has 2 amide bonds. The number of hydrogen-bond donors (Lipinski definition) is 2. The third-order valence-corrected chi connectivity index (χ3v) is 4.08. The minimum absolute atomic E-state index is 0.00741. The number of amides is 2. The van der Waals surface area contributed by atoms with Crippen LogP contribution in [0.4, 0.5) is 33.3 Å². The van der Waals surface area contributed by atoms with Gasteiger partial charge in [-0.15, -0.1) is 0 Å². The monoisotopic (exact) mass is 385 g/mol. The van der Waals surface area contributed by atoms with Gasteiger partial charge in [0, 0.05) is 18.7 Å². The van der Waals surface area contributed by atoms with Crippen molar-refractivity contribution in [1.29, 1.82) is 0 Å². The first-order chi connectivity index (χ1) is 12.8. The third-order valence-electron chi connectivity index (χ3n) is 4.08. The second-order valence-corrected chi connectivity index (χ2v) is 5.80. The summed E-state index contributed by atoms with van der Waals surface area (Å²) in [4.78, 5) is 25.6. The van der Waals surface area contributed by atoms with E-state index in [4.69, 9.17) is 0 Å². The van der Waals surface area contributed by atoms with Crippen molar-refractivity contribution in [3.05, 3.63) is 59.4 Å². The minimum Gasteiger partial charge on any atom is -0.312 e. The second kappa shape index (κ2) is 7.22. The molecule has 142 valence electrons. The van der Waals surface area contributed by atoms with Gasteiger partial charge < -0.3 is 4.90 Å². The standard InChI is InChI=1S/C17H12F5N3O2/c18-11-12(19)14(21)16(15(22)13(11)20)23-24-17(27)8-6-10(26)25(7-8)9-4-2-1-3-5-9/h1-5,8,23H,6-7H2,(H,24,27). The topological polar surface area (TPSA) is 61.4 Å². The highest BCUT2D eigenvalue weighted by molar-refractivity contribution is 6.00. The molecule has 2 N–H and O–H groups in total. The van der Waals surface area contributed by atoms with Crippen LogP contribution in [0.2, 0.25) is 0 Å². The average Bonchev–Trinajstić information content (AvgIpc) is 3.07. The molecule has 1 aliphatic heterocycles. The fourth-order valence-electron chi connectivity index (χ4n) is 2.68. The molecule has 27 heavy (non-hydrogen) atoms. The number of para-hydroxylation sites is 1. The molecule has 0 aliphatic carbocycles. The van der Waals surface area contributed by atoms with E-state index in [1.54, 1.807) is 35.8 Å². The van der Waals surface area contributed by atoms with Crippen LogP contribution in [0, 0.1) is 35.0 Å². The Kier molecular flexibility index (Phi) is 4.98. The summed E-state index contributed by atoms with van der Waals surface area (Å²) in [6.45, 7) is 0.00741. The van der Waals surface area contributed by atoms with E-state index < -0.39 is 46.6 Å². The molecule has 0 radical (unpaired) electrons. The lowest BCUT2D eigenvalue weighted by molar-refractivity contribution is -0.125. The number of carbonyl (C=O) groups excluding carboxylic acids is 2. The van der Waals surface area contributed by atoms with Gasteiger partial charge in [-0.1, -0.05) is 18.2 Å². The number of halogens is 5. The van der Waals surface area contributed by atoms with Crippen molar-refractivity contribution >= 4 is 23.2 Å². The summed E-state index contributed by atoms with van der Waals surface area (Å²) in [6.07, 6.45) is -0.167. The Bertz CT molecular complexity index is 878. The first-order valence-corrected chi connectivity index (χ1v) is 7.74. The van der Waals surface area contributed by atoms with Gasteiger partial charge >= 0.3 is 0 Å². The Hall–Kier alpha value is -3.17. The predicted molar refractivity (Wildman–Crippen MR) is 84.9 cm³/mol. The van der Waals surface area contributed by atoms with Crippen molar-refractivity contribution in [3.8, 4) is 0 Å². The normalized spacial score (nSPS) is 16.6. The summed E-state index contributed by atoms with van der Waals surface area (Å²) in [5.41, 5.74) is 2.78. The van der Waals surface area contributed by atoms with Gasteiger partial charge in [0.1, 0.15) is 5.69 Å². The summed E-state index contributed by atoms with van der Waals surface area (Å²) in [7, 11) is 0. The molecule has 1 unspecified atom stereocenters. The molecule has 5 nitrogen and oxygen atoms in total. The summed E-state index contributed by atoms with van der Waals surface area (Å²) in [6, 6.07) is 8.51. The lowest BCUT2D eigenvalue weighted by Gasteiger charge is -2.17. The largest absolute Gasteiger partial charge is 0.312 e. The fraction of sp³-hybridized carbons (Fsp3) is 0.176. The van der Waals surface area contributed by atoms with Crippen LogP contribution in [0.1, 0.15) is 6.42 Å². The fourth-order valence-corrected chi connectivity index (χ4v) is 2.68. The van der Waals surface area contributed by atoms with Crippen molar-refractivity contribution in [2.45, 2.75) is 6.42 Å². The zero-order valence-corrected chi connectivity index (χ0v) is 13.5. The predicted octanol–water partition coefficient (Wildman–Crippen LogP) is 2.88. The first-order valence-electron chi connectivity index (χ1n) is 7.74. The molecule has 2 aromatic carbocycles. The Morgan fingerprint density at radius 2 is 1.48 bits per heavy atom. The van der Waals surface area contributed by atoms with Gasteiger partial charge in [0.25, 0.3) is 0 Å². The molecular weight excluding hydrogens is 373 g/mol. The van der Waals surface area contributed by atoms with Gasteiger partial charge in [0.05, 0.1) is 5.92 Å². The number of hydrazine groups is 1. The molecule has 1 heterocycles. The number of benzene rings is 2. The molecular formula is C17H12F5N3O2. The van der Waals surface area contributed by atoms with Crippen LogP contribution >= 0.6 is 0 Å². The number of hydrogen-bond acceptors (Lipinski definition) is 3. The van der Waals surface area contributed by atoms with E-state index >= 15 is 0 Å². The lowest BCUT2D eigenvalue weighted by atomic mass is 10.1. The number of rotatable bonds is 4. The van der Waals surface area contributed by atoms with E-state index in [0.717, 1.165) is 0 Å². The molecule has 3 rings (SSSR count). The molecule has 10 heteroatoms. The molecule has 2 aromatic rings. The van der Waals surface area contributed by atoms with Crippen LogP contribution in [-0.2, 0) is 9.59 Å². The van der Waals surface area contributed by atoms with Crippen LogP contribution < -0.4 is 15.8 Å². The van der Waals surface area contributed by atoms with E-state index in [2.05, 4.69) is 0 Å². The maximum absolute atomic E-state index is 13.6. The quantitative estimate of drug-likeness (QED) is 0.368. The van der Waals surface area contributed by atoms with Crippen molar-refractivity contribution in [1.82, 2.24) is 5.43 Å². The van der Waals surface area contributed by atoms with Crippen LogP contribution in [0.15, 0.2) is 30.3 Å². The third kappa shape index (κ3) is 3.42. The summed E-state index contributed by atoms with van der Waals surface area (Å²) >= 11 is 0. The zero-order valence-electron chi connectivity index (χ0n) is 13.5. The van der Waals surface area contributed by atoms with E-state index in [9.17, 15) is 31.5 Å². The lowest BCUT2D eigenvalue weighted by Crippen LogP contribution is -2.37. The molecule has 1 saturated heterocycles. The van der Waals surface area contributed by atoms with Crippen LogP contribution in [-0.4, -0.2) is 18.4 Å². The van der Waals surface area contributed by atoms with E-state index in [-0.39, 0.29) is 18.9 Å². The van der Waals surface area contributed by atoms with Gasteiger partial charge in [-0.2, -0.15) is 0 Å². The molecule has 0 spiro atoms. The smallest absolute Gasteiger partial charge is 0.243 e. The Morgan fingerprint density at radius 1 is 0.926 bits per heavy atom. The van der Waals surface area contributed by atoms with Gasteiger partial charge in [0.2, 0.25) is 17.6 Å². The van der Waals surface area contributed by atoms with Crippen molar-refractivity contribution in [2.24, 2.45) is 5.92 Å². The Morgan fingerprint density at radius 3 is 2.07 bits per heavy atom. The maximum atomic E-state index is 13.6. The highest BCUT2D eigenvalue weighted by atomic mass is 19.2. The SMILES string of the molecule is O=C(NNc1c(F)c(F)c(F)c(F)c1F)C1CC(=O)N(c2ccccc2)C1. The molecule has 1 fully saturated rings.